The fourth-order valence-electron chi connectivity index (χ4n) is 1.53. The number of azide groups is 1. The molecule has 0 aromatic heterocycles. The predicted molar refractivity (Wildman–Crippen MR) is 58.8 cm³/mol. The molecule has 0 saturated carbocycles. The maximum absolute atomic E-state index is 9.69. The monoisotopic (exact) mass is 244 g/mol. The molecule has 4 N–H and O–H groups in total. The Morgan fingerprint density at radius 1 is 1.53 bits per heavy atom. The van der Waals surface area contributed by atoms with E-state index in [9.17, 15) is 10.2 Å². The molecule has 0 aromatic carbocycles. The van der Waals surface area contributed by atoms with Crippen molar-refractivity contribution in [3.05, 3.63) is 23.1 Å². The summed E-state index contributed by atoms with van der Waals surface area (Å²) in [6.07, 6.45) is -2.60. The third-order valence-corrected chi connectivity index (χ3v) is 2.45. The lowest BCUT2D eigenvalue weighted by molar-refractivity contribution is -0.253. The van der Waals surface area contributed by atoms with Crippen LogP contribution < -0.4 is 5.73 Å². The first-order valence-corrected chi connectivity index (χ1v) is 5.12. The molecule has 1 rings (SSSR count). The summed E-state index contributed by atoms with van der Waals surface area (Å²) in [5.74, 6) is 0. The average Bonchev–Trinajstić information content (AvgIpc) is 2.34. The van der Waals surface area contributed by atoms with Gasteiger partial charge < -0.3 is 25.4 Å². The molecule has 0 aliphatic carbocycles. The molecule has 1 heterocycles. The summed E-state index contributed by atoms with van der Waals surface area (Å²) in [5.41, 5.74) is 13.8. The van der Waals surface area contributed by atoms with Crippen LogP contribution in [0.25, 0.3) is 10.4 Å². The van der Waals surface area contributed by atoms with Crippen molar-refractivity contribution in [3.8, 4) is 0 Å². The van der Waals surface area contributed by atoms with Gasteiger partial charge in [-0.15, -0.1) is 6.58 Å². The summed E-state index contributed by atoms with van der Waals surface area (Å²) in [7, 11) is 0. The van der Waals surface area contributed by atoms with E-state index in [1.54, 1.807) is 0 Å². The molecule has 0 spiro atoms. The molecule has 8 nitrogen and oxygen atoms in total. The quantitative estimate of drug-likeness (QED) is 0.254. The molecule has 96 valence electrons. The largest absolute Gasteiger partial charge is 0.388 e. The Morgan fingerprint density at radius 3 is 2.82 bits per heavy atom. The van der Waals surface area contributed by atoms with E-state index < -0.39 is 30.6 Å². The van der Waals surface area contributed by atoms with E-state index >= 15 is 0 Å². The van der Waals surface area contributed by atoms with Crippen molar-refractivity contribution in [1.82, 2.24) is 0 Å². The normalized spacial score (nSPS) is 37.2. The lowest BCUT2D eigenvalue weighted by Gasteiger charge is -2.40. The van der Waals surface area contributed by atoms with E-state index in [-0.39, 0.29) is 13.2 Å². The molecular formula is C9H16N4O4. The van der Waals surface area contributed by atoms with Gasteiger partial charge in [0.05, 0.1) is 25.3 Å². The van der Waals surface area contributed by atoms with Gasteiger partial charge in [0, 0.05) is 4.91 Å². The molecule has 1 aliphatic rings. The van der Waals surface area contributed by atoms with Crippen molar-refractivity contribution in [3.63, 3.8) is 0 Å². The van der Waals surface area contributed by atoms with Crippen LogP contribution >= 0.6 is 0 Å². The molecule has 1 aliphatic heterocycles. The summed E-state index contributed by atoms with van der Waals surface area (Å²) in [6.45, 7) is 3.57. The minimum atomic E-state index is -1.21. The van der Waals surface area contributed by atoms with Gasteiger partial charge in [-0.3, -0.25) is 0 Å². The Balaban J connectivity index is 2.67. The molecule has 0 aromatic rings. The fraction of sp³-hybridized carbons (Fsp3) is 0.778. The number of ether oxygens (including phenoxy) is 2. The van der Waals surface area contributed by atoms with Crippen molar-refractivity contribution < 1.29 is 19.7 Å². The summed E-state index contributed by atoms with van der Waals surface area (Å²) in [6, 6.07) is -0.868. The highest BCUT2D eigenvalue weighted by atomic mass is 16.7. The Kier molecular flexibility index (Phi) is 5.36. The van der Waals surface area contributed by atoms with Crippen molar-refractivity contribution in [2.75, 3.05) is 13.2 Å². The van der Waals surface area contributed by atoms with E-state index in [2.05, 4.69) is 16.6 Å². The van der Waals surface area contributed by atoms with Crippen molar-refractivity contribution in [1.29, 1.82) is 0 Å². The van der Waals surface area contributed by atoms with Crippen molar-refractivity contribution >= 4 is 0 Å². The molecule has 0 radical (unpaired) electrons. The number of nitrogens with two attached hydrogens (primary N) is 1. The number of aliphatic hydroxyl groups is 2. The lowest BCUT2D eigenvalue weighted by atomic mass is 9.97. The minimum absolute atomic E-state index is 0.102. The SMILES string of the molecule is C=CCO[C@H]1O[C@H](CN=[N+]=[N-])[C@@H](O)[C@H](O)[C@H]1N. The number of hydrogen-bond donors (Lipinski definition) is 3. The van der Waals surface area contributed by atoms with Crippen LogP contribution in [0, 0.1) is 0 Å². The number of hydrogen-bond acceptors (Lipinski definition) is 6. The Morgan fingerprint density at radius 2 is 2.24 bits per heavy atom. The second kappa shape index (κ2) is 6.55. The van der Waals surface area contributed by atoms with Crippen molar-refractivity contribution in [2.24, 2.45) is 10.8 Å². The summed E-state index contributed by atoms with van der Waals surface area (Å²) < 4.78 is 10.5. The van der Waals surface area contributed by atoms with E-state index in [0.29, 0.717) is 0 Å². The van der Waals surface area contributed by atoms with Crippen LogP contribution in [0.1, 0.15) is 0 Å². The third kappa shape index (κ3) is 3.40. The van der Waals surface area contributed by atoms with Crippen LogP contribution in [0.2, 0.25) is 0 Å². The van der Waals surface area contributed by atoms with Crippen LogP contribution in [0.3, 0.4) is 0 Å². The van der Waals surface area contributed by atoms with Crippen LogP contribution in [0.4, 0.5) is 0 Å². The number of rotatable bonds is 5. The van der Waals surface area contributed by atoms with Crippen molar-refractivity contribution in [2.45, 2.75) is 30.6 Å². The highest BCUT2D eigenvalue weighted by molar-refractivity contribution is 4.92. The topological polar surface area (TPSA) is 134 Å². The number of aliphatic hydroxyl groups excluding tert-OH is 2. The van der Waals surface area contributed by atoms with Crippen LogP contribution in [0.15, 0.2) is 17.8 Å². The van der Waals surface area contributed by atoms with E-state index in [1.807, 2.05) is 0 Å². The van der Waals surface area contributed by atoms with Gasteiger partial charge in [-0.2, -0.15) is 0 Å². The zero-order valence-electron chi connectivity index (χ0n) is 9.22. The number of nitrogens with zero attached hydrogens (tertiary/aromatic N) is 3. The molecule has 17 heavy (non-hydrogen) atoms. The van der Waals surface area contributed by atoms with Gasteiger partial charge in [-0.05, 0) is 5.53 Å². The van der Waals surface area contributed by atoms with Gasteiger partial charge in [0.25, 0.3) is 0 Å². The van der Waals surface area contributed by atoms with Crippen LogP contribution in [-0.4, -0.2) is 54.0 Å². The van der Waals surface area contributed by atoms with Gasteiger partial charge in [-0.25, -0.2) is 0 Å². The first-order valence-electron chi connectivity index (χ1n) is 5.12. The highest BCUT2D eigenvalue weighted by Gasteiger charge is 2.42. The average molecular weight is 244 g/mol. The molecule has 1 fully saturated rings. The second-order valence-electron chi connectivity index (χ2n) is 3.64. The molecule has 0 unspecified atom stereocenters. The Labute approximate surface area is 98.3 Å². The Hall–Kier alpha value is -1.15. The maximum atomic E-state index is 9.69. The van der Waals surface area contributed by atoms with Gasteiger partial charge in [0.1, 0.15) is 12.2 Å². The molecule has 5 atom stereocenters. The molecule has 1 saturated heterocycles. The van der Waals surface area contributed by atoms with Crippen LogP contribution in [-0.2, 0) is 9.47 Å². The smallest absolute Gasteiger partial charge is 0.176 e. The van der Waals surface area contributed by atoms with Gasteiger partial charge in [0.2, 0.25) is 0 Å². The van der Waals surface area contributed by atoms with E-state index in [1.165, 1.54) is 6.08 Å². The zero-order valence-corrected chi connectivity index (χ0v) is 9.22. The highest BCUT2D eigenvalue weighted by Crippen LogP contribution is 2.21. The Bertz CT molecular complexity index is 307. The molecule has 0 bridgehead atoms. The van der Waals surface area contributed by atoms with Crippen LogP contribution in [0.5, 0.6) is 0 Å². The van der Waals surface area contributed by atoms with Gasteiger partial charge >= 0.3 is 0 Å². The maximum Gasteiger partial charge on any atom is 0.176 e. The second-order valence-corrected chi connectivity index (χ2v) is 3.64. The first-order chi connectivity index (χ1) is 8.11. The zero-order chi connectivity index (χ0) is 12.8. The summed E-state index contributed by atoms with van der Waals surface area (Å²) >= 11 is 0. The standard InChI is InChI=1S/C9H16N4O4/c1-2-3-16-9-6(10)8(15)7(14)5(17-9)4-12-13-11/h2,5-9,14-15H,1,3-4,10H2/t5-,6-,7-,8-,9+/m1/s1. The molecule has 8 heteroatoms. The first kappa shape index (κ1) is 13.9. The van der Waals surface area contributed by atoms with E-state index in [4.69, 9.17) is 20.7 Å². The van der Waals surface area contributed by atoms with E-state index in [0.717, 1.165) is 0 Å². The minimum Gasteiger partial charge on any atom is -0.388 e. The third-order valence-electron chi connectivity index (χ3n) is 2.45. The molecular weight excluding hydrogens is 228 g/mol. The summed E-state index contributed by atoms with van der Waals surface area (Å²) in [5, 5.41) is 22.6. The lowest BCUT2D eigenvalue weighted by Crippen LogP contribution is -2.62. The van der Waals surface area contributed by atoms with Gasteiger partial charge in [0.15, 0.2) is 6.29 Å². The summed E-state index contributed by atoms with van der Waals surface area (Å²) in [4.78, 5) is 2.56. The molecule has 0 amide bonds. The predicted octanol–water partition coefficient (Wildman–Crippen LogP) is -0.727. The van der Waals surface area contributed by atoms with Gasteiger partial charge in [-0.1, -0.05) is 11.2 Å². The fourth-order valence-corrected chi connectivity index (χ4v) is 1.53.